The lowest BCUT2D eigenvalue weighted by Crippen LogP contribution is -2.32. The predicted octanol–water partition coefficient (Wildman–Crippen LogP) is 2.89. The van der Waals surface area contributed by atoms with Crippen LogP contribution in [0.2, 0.25) is 0 Å². The molecule has 4 nitrogen and oxygen atoms in total. The lowest BCUT2D eigenvalue weighted by molar-refractivity contribution is -0.0498. The highest BCUT2D eigenvalue weighted by molar-refractivity contribution is 7.80. The average molecular weight is 301 g/mol. The monoisotopic (exact) mass is 301 g/mol. The van der Waals surface area contributed by atoms with E-state index in [9.17, 15) is 8.78 Å². The third kappa shape index (κ3) is 6.98. The number of nitrogens with one attached hydrogen (secondary N) is 2. The first-order valence-corrected chi connectivity index (χ1v) is 6.64. The van der Waals surface area contributed by atoms with Crippen molar-refractivity contribution in [2.24, 2.45) is 5.10 Å². The average Bonchev–Trinajstić information content (AvgIpc) is 2.40. The first kappa shape index (κ1) is 16.3. The number of ether oxygens (including phenoxy) is 1. The number of unbranched alkanes of at least 4 members (excludes halogenated alkanes) is 1. The standard InChI is InChI=1S/C13H17F2N3OS/c1-2-3-8-16-13(20)18-17-9-10-4-6-11(7-5-10)19-12(14)15/h4-7,9,12H,2-3,8H2,1H3,(H2,16,18,20)/b17-9-. The van der Waals surface area contributed by atoms with E-state index in [1.165, 1.54) is 12.1 Å². The van der Waals surface area contributed by atoms with Crippen molar-refractivity contribution < 1.29 is 13.5 Å². The summed E-state index contributed by atoms with van der Waals surface area (Å²) in [6, 6.07) is 6.14. The highest BCUT2D eigenvalue weighted by atomic mass is 32.1. The van der Waals surface area contributed by atoms with Gasteiger partial charge in [0.2, 0.25) is 0 Å². The quantitative estimate of drug-likeness (QED) is 0.352. The molecule has 1 aromatic rings. The number of benzene rings is 1. The van der Waals surface area contributed by atoms with Gasteiger partial charge in [-0.15, -0.1) is 0 Å². The number of hydrogen-bond acceptors (Lipinski definition) is 3. The van der Waals surface area contributed by atoms with Gasteiger partial charge in [-0.3, -0.25) is 5.43 Å². The van der Waals surface area contributed by atoms with Crippen LogP contribution in [0.15, 0.2) is 29.4 Å². The zero-order chi connectivity index (χ0) is 14.8. The third-order valence-electron chi connectivity index (χ3n) is 2.30. The summed E-state index contributed by atoms with van der Waals surface area (Å²) in [6.45, 7) is 0.0812. The van der Waals surface area contributed by atoms with E-state index in [0.29, 0.717) is 5.11 Å². The number of alkyl halides is 2. The number of halogens is 2. The Bertz CT molecular complexity index is 438. The van der Waals surface area contributed by atoms with Crippen LogP contribution in [0.3, 0.4) is 0 Å². The fourth-order valence-corrected chi connectivity index (χ4v) is 1.47. The van der Waals surface area contributed by atoms with E-state index < -0.39 is 6.61 Å². The highest BCUT2D eigenvalue weighted by Gasteiger charge is 2.02. The third-order valence-corrected chi connectivity index (χ3v) is 2.54. The normalized spacial score (nSPS) is 10.8. The van der Waals surface area contributed by atoms with Crippen LogP contribution in [-0.4, -0.2) is 24.5 Å². The van der Waals surface area contributed by atoms with Crippen LogP contribution in [0.4, 0.5) is 8.78 Å². The maximum atomic E-state index is 12.0. The lowest BCUT2D eigenvalue weighted by Gasteiger charge is -2.05. The fraction of sp³-hybridized carbons (Fsp3) is 0.385. The molecule has 0 aliphatic rings. The van der Waals surface area contributed by atoms with Crippen LogP contribution in [-0.2, 0) is 0 Å². The van der Waals surface area contributed by atoms with Gasteiger partial charge in [-0.2, -0.15) is 13.9 Å². The Morgan fingerprint density at radius 2 is 2.10 bits per heavy atom. The van der Waals surface area contributed by atoms with E-state index in [1.54, 1.807) is 18.3 Å². The van der Waals surface area contributed by atoms with E-state index in [-0.39, 0.29) is 5.75 Å². The molecule has 7 heteroatoms. The van der Waals surface area contributed by atoms with Crippen molar-refractivity contribution in [2.45, 2.75) is 26.4 Å². The van der Waals surface area contributed by atoms with E-state index in [2.05, 4.69) is 27.5 Å². The first-order valence-electron chi connectivity index (χ1n) is 6.23. The second-order valence-electron chi connectivity index (χ2n) is 3.93. The molecule has 0 aromatic heterocycles. The Kier molecular flexibility index (Phi) is 7.49. The van der Waals surface area contributed by atoms with E-state index in [1.807, 2.05) is 0 Å². The van der Waals surface area contributed by atoms with Crippen molar-refractivity contribution >= 4 is 23.5 Å². The zero-order valence-electron chi connectivity index (χ0n) is 11.1. The van der Waals surface area contributed by atoms with Gasteiger partial charge < -0.3 is 10.1 Å². The van der Waals surface area contributed by atoms with Crippen LogP contribution in [0, 0.1) is 0 Å². The fourth-order valence-electron chi connectivity index (χ4n) is 1.32. The van der Waals surface area contributed by atoms with E-state index in [4.69, 9.17) is 12.2 Å². The van der Waals surface area contributed by atoms with Crippen LogP contribution in [0.1, 0.15) is 25.3 Å². The number of hydrazone groups is 1. The molecule has 0 amide bonds. The molecule has 0 bridgehead atoms. The molecule has 0 atom stereocenters. The summed E-state index contributed by atoms with van der Waals surface area (Å²) in [6.07, 6.45) is 3.67. The van der Waals surface area contributed by atoms with E-state index >= 15 is 0 Å². The summed E-state index contributed by atoms with van der Waals surface area (Å²) >= 11 is 5.01. The van der Waals surface area contributed by atoms with Crippen molar-refractivity contribution in [1.82, 2.24) is 10.7 Å². The van der Waals surface area contributed by atoms with Crippen LogP contribution < -0.4 is 15.5 Å². The first-order chi connectivity index (χ1) is 9.61. The van der Waals surface area contributed by atoms with Crippen molar-refractivity contribution in [3.63, 3.8) is 0 Å². The Balaban J connectivity index is 2.36. The molecule has 0 fully saturated rings. The second kappa shape index (κ2) is 9.19. The number of hydrogen-bond donors (Lipinski definition) is 2. The molecular formula is C13H17F2N3OS. The second-order valence-corrected chi connectivity index (χ2v) is 4.34. The Morgan fingerprint density at radius 3 is 2.70 bits per heavy atom. The maximum Gasteiger partial charge on any atom is 0.387 e. The summed E-state index contributed by atoms with van der Waals surface area (Å²) in [5, 5.41) is 7.40. The molecule has 0 aliphatic heterocycles. The molecule has 0 heterocycles. The van der Waals surface area contributed by atoms with Crippen molar-refractivity contribution in [3.05, 3.63) is 29.8 Å². The van der Waals surface area contributed by atoms with Gasteiger partial charge in [0.15, 0.2) is 5.11 Å². The topological polar surface area (TPSA) is 45.7 Å². The molecule has 0 saturated carbocycles. The lowest BCUT2D eigenvalue weighted by atomic mass is 10.2. The summed E-state index contributed by atoms with van der Waals surface area (Å²) in [5.74, 6) is 0.113. The summed E-state index contributed by atoms with van der Waals surface area (Å²) in [5.41, 5.74) is 3.42. The van der Waals surface area contributed by atoms with Crippen LogP contribution in [0.5, 0.6) is 5.75 Å². The van der Waals surface area contributed by atoms with Gasteiger partial charge in [0, 0.05) is 6.54 Å². The van der Waals surface area contributed by atoms with Gasteiger partial charge in [0.25, 0.3) is 0 Å². The highest BCUT2D eigenvalue weighted by Crippen LogP contribution is 2.13. The Labute approximate surface area is 122 Å². The zero-order valence-corrected chi connectivity index (χ0v) is 11.9. The smallest absolute Gasteiger partial charge is 0.387 e. The van der Waals surface area contributed by atoms with Gasteiger partial charge in [0.05, 0.1) is 6.21 Å². The SMILES string of the molecule is CCCCNC(=S)N/N=C\c1ccc(OC(F)F)cc1. The largest absolute Gasteiger partial charge is 0.435 e. The Hall–Kier alpha value is -1.76. The molecular weight excluding hydrogens is 284 g/mol. The number of thiocarbonyl (C=S) groups is 1. The summed E-state index contributed by atoms with van der Waals surface area (Å²) in [7, 11) is 0. The van der Waals surface area contributed by atoms with Crippen LogP contribution >= 0.6 is 12.2 Å². The number of nitrogens with zero attached hydrogens (tertiary/aromatic N) is 1. The molecule has 0 radical (unpaired) electrons. The van der Waals surface area contributed by atoms with Gasteiger partial charge >= 0.3 is 6.61 Å². The molecule has 2 N–H and O–H groups in total. The molecule has 20 heavy (non-hydrogen) atoms. The molecule has 110 valence electrons. The van der Waals surface area contributed by atoms with Gasteiger partial charge in [-0.1, -0.05) is 13.3 Å². The molecule has 1 rings (SSSR count). The van der Waals surface area contributed by atoms with Gasteiger partial charge in [0.1, 0.15) is 5.75 Å². The summed E-state index contributed by atoms with van der Waals surface area (Å²) < 4.78 is 28.2. The van der Waals surface area contributed by atoms with E-state index in [0.717, 1.165) is 24.9 Å². The minimum atomic E-state index is -2.82. The molecule has 0 unspecified atom stereocenters. The maximum absolute atomic E-state index is 12.0. The van der Waals surface area contributed by atoms with Crippen molar-refractivity contribution in [2.75, 3.05) is 6.54 Å². The molecule has 0 aliphatic carbocycles. The minimum absolute atomic E-state index is 0.113. The Morgan fingerprint density at radius 1 is 1.40 bits per heavy atom. The molecule has 0 saturated heterocycles. The predicted molar refractivity (Wildman–Crippen MR) is 79.3 cm³/mol. The van der Waals surface area contributed by atoms with Crippen LogP contribution in [0.25, 0.3) is 0 Å². The van der Waals surface area contributed by atoms with Crippen molar-refractivity contribution in [3.8, 4) is 5.75 Å². The molecule has 1 aromatic carbocycles. The molecule has 0 spiro atoms. The summed E-state index contributed by atoms with van der Waals surface area (Å²) in [4.78, 5) is 0. The van der Waals surface area contributed by atoms with Gasteiger partial charge in [-0.05, 0) is 48.5 Å². The number of rotatable bonds is 7. The minimum Gasteiger partial charge on any atom is -0.435 e. The van der Waals surface area contributed by atoms with Gasteiger partial charge in [-0.25, -0.2) is 0 Å². The van der Waals surface area contributed by atoms with Crippen molar-refractivity contribution in [1.29, 1.82) is 0 Å².